The van der Waals surface area contributed by atoms with E-state index >= 15 is 0 Å². The normalized spacial score (nSPS) is 24.5. The lowest BCUT2D eigenvalue weighted by atomic mass is 9.82. The van der Waals surface area contributed by atoms with Crippen LogP contribution in [-0.4, -0.2) is 43.4 Å². The van der Waals surface area contributed by atoms with E-state index in [1.165, 1.54) is 0 Å². The van der Waals surface area contributed by atoms with Crippen LogP contribution in [0.1, 0.15) is 32.6 Å². The van der Waals surface area contributed by atoms with Crippen LogP contribution in [0.5, 0.6) is 0 Å². The van der Waals surface area contributed by atoms with Crippen LogP contribution >= 0.6 is 0 Å². The van der Waals surface area contributed by atoms with Gasteiger partial charge in [0.15, 0.2) is 0 Å². The van der Waals surface area contributed by atoms with E-state index in [0.717, 1.165) is 12.8 Å². The largest absolute Gasteiger partial charge is 0.481 e. The van der Waals surface area contributed by atoms with E-state index < -0.39 is 5.97 Å². The second-order valence-corrected chi connectivity index (χ2v) is 5.27. The SMILES string of the molecule is COCC(C)NC(=O)NCC1CCC(C(=O)O)CC1. The third-order valence-electron chi connectivity index (χ3n) is 3.54. The minimum atomic E-state index is -0.697. The summed E-state index contributed by atoms with van der Waals surface area (Å²) >= 11 is 0. The molecule has 0 radical (unpaired) electrons. The van der Waals surface area contributed by atoms with Crippen molar-refractivity contribution in [3.8, 4) is 0 Å². The number of carboxylic acid groups (broad SMARTS) is 1. The number of amides is 2. The molecule has 1 fully saturated rings. The Morgan fingerprint density at radius 3 is 2.47 bits per heavy atom. The fourth-order valence-electron chi connectivity index (χ4n) is 2.42. The molecule has 0 aromatic rings. The van der Waals surface area contributed by atoms with Crippen LogP contribution in [-0.2, 0) is 9.53 Å². The first kappa shape index (κ1) is 15.8. The van der Waals surface area contributed by atoms with Crippen LogP contribution in [0.2, 0.25) is 0 Å². The minimum absolute atomic E-state index is 0.0206. The van der Waals surface area contributed by atoms with Gasteiger partial charge in [-0.15, -0.1) is 0 Å². The van der Waals surface area contributed by atoms with Gasteiger partial charge < -0.3 is 20.5 Å². The minimum Gasteiger partial charge on any atom is -0.481 e. The molecule has 110 valence electrons. The van der Waals surface area contributed by atoms with Gasteiger partial charge in [0.25, 0.3) is 0 Å². The van der Waals surface area contributed by atoms with Crippen molar-refractivity contribution in [2.45, 2.75) is 38.6 Å². The number of methoxy groups -OCH3 is 1. The summed E-state index contributed by atoms with van der Waals surface area (Å²) in [7, 11) is 1.59. The highest BCUT2D eigenvalue weighted by Gasteiger charge is 2.25. The molecule has 1 rings (SSSR count). The fourth-order valence-corrected chi connectivity index (χ4v) is 2.42. The maximum Gasteiger partial charge on any atom is 0.315 e. The van der Waals surface area contributed by atoms with Gasteiger partial charge in [0.05, 0.1) is 18.6 Å². The molecule has 0 aromatic heterocycles. The number of ether oxygens (including phenoxy) is 1. The average molecular weight is 272 g/mol. The van der Waals surface area contributed by atoms with Crippen molar-refractivity contribution < 1.29 is 19.4 Å². The average Bonchev–Trinajstić information content (AvgIpc) is 2.37. The first-order valence-corrected chi connectivity index (χ1v) is 6.79. The molecule has 0 aromatic carbocycles. The smallest absolute Gasteiger partial charge is 0.315 e. The number of carboxylic acids is 1. The summed E-state index contributed by atoms with van der Waals surface area (Å²) in [5.41, 5.74) is 0. The van der Waals surface area contributed by atoms with E-state index in [1.807, 2.05) is 6.92 Å². The first-order chi connectivity index (χ1) is 9.02. The van der Waals surface area contributed by atoms with Crippen LogP contribution in [0.25, 0.3) is 0 Å². The van der Waals surface area contributed by atoms with Gasteiger partial charge in [-0.2, -0.15) is 0 Å². The van der Waals surface area contributed by atoms with Crippen molar-refractivity contribution in [1.29, 1.82) is 0 Å². The number of rotatable bonds is 6. The van der Waals surface area contributed by atoms with Gasteiger partial charge in [-0.05, 0) is 38.5 Å². The Morgan fingerprint density at radius 2 is 1.95 bits per heavy atom. The summed E-state index contributed by atoms with van der Waals surface area (Å²) in [6.45, 7) is 2.97. The Hall–Kier alpha value is -1.30. The molecule has 0 heterocycles. The summed E-state index contributed by atoms with van der Waals surface area (Å²) in [4.78, 5) is 22.4. The maximum absolute atomic E-state index is 11.6. The molecule has 6 heteroatoms. The predicted molar refractivity (Wildman–Crippen MR) is 71.0 cm³/mol. The molecule has 0 aliphatic heterocycles. The molecule has 3 N–H and O–H groups in total. The van der Waals surface area contributed by atoms with Crippen LogP contribution in [0, 0.1) is 11.8 Å². The number of nitrogens with one attached hydrogen (secondary N) is 2. The molecule has 0 spiro atoms. The van der Waals surface area contributed by atoms with Crippen LogP contribution < -0.4 is 10.6 Å². The lowest BCUT2D eigenvalue weighted by Crippen LogP contribution is -2.44. The summed E-state index contributed by atoms with van der Waals surface area (Å²) in [5, 5.41) is 14.5. The Kier molecular flexibility index (Phi) is 6.62. The molecule has 1 unspecified atom stereocenters. The second kappa shape index (κ2) is 7.99. The molecule has 1 aliphatic carbocycles. The van der Waals surface area contributed by atoms with Gasteiger partial charge in [0, 0.05) is 13.7 Å². The molecular weight excluding hydrogens is 248 g/mol. The van der Waals surface area contributed by atoms with Crippen molar-refractivity contribution >= 4 is 12.0 Å². The molecule has 1 aliphatic rings. The fraction of sp³-hybridized carbons (Fsp3) is 0.846. The monoisotopic (exact) mass is 272 g/mol. The number of urea groups is 1. The molecule has 0 saturated heterocycles. The molecule has 6 nitrogen and oxygen atoms in total. The zero-order valence-corrected chi connectivity index (χ0v) is 11.6. The summed E-state index contributed by atoms with van der Waals surface area (Å²) in [6, 6.07) is -0.211. The van der Waals surface area contributed by atoms with E-state index in [1.54, 1.807) is 7.11 Å². The summed E-state index contributed by atoms with van der Waals surface area (Å²) in [5.74, 6) is -0.511. The van der Waals surface area contributed by atoms with Gasteiger partial charge in [-0.25, -0.2) is 4.79 Å². The highest BCUT2D eigenvalue weighted by molar-refractivity contribution is 5.74. The standard InChI is InChI=1S/C13H24N2O4/c1-9(8-19-2)15-13(18)14-7-10-3-5-11(6-4-10)12(16)17/h9-11H,3-8H2,1-2H3,(H,16,17)(H2,14,15,18). The van der Waals surface area contributed by atoms with Crippen molar-refractivity contribution in [2.75, 3.05) is 20.3 Å². The highest BCUT2D eigenvalue weighted by Crippen LogP contribution is 2.28. The molecule has 2 amide bonds. The Bertz CT molecular complexity index is 301. The first-order valence-electron chi connectivity index (χ1n) is 6.79. The molecule has 19 heavy (non-hydrogen) atoms. The topological polar surface area (TPSA) is 87.7 Å². The van der Waals surface area contributed by atoms with Crippen molar-refractivity contribution in [2.24, 2.45) is 11.8 Å². The zero-order valence-electron chi connectivity index (χ0n) is 11.6. The van der Waals surface area contributed by atoms with Crippen molar-refractivity contribution in [3.05, 3.63) is 0 Å². The third kappa shape index (κ3) is 5.92. The number of aliphatic carboxylic acids is 1. The van der Waals surface area contributed by atoms with Crippen molar-refractivity contribution in [1.82, 2.24) is 10.6 Å². The van der Waals surface area contributed by atoms with Gasteiger partial charge in [0.1, 0.15) is 0 Å². The van der Waals surface area contributed by atoms with E-state index in [4.69, 9.17) is 9.84 Å². The Balaban J connectivity index is 2.16. The third-order valence-corrected chi connectivity index (χ3v) is 3.54. The van der Waals surface area contributed by atoms with Crippen LogP contribution in [0.4, 0.5) is 4.79 Å². The number of hydrogen-bond acceptors (Lipinski definition) is 3. The summed E-state index contributed by atoms with van der Waals surface area (Å²) < 4.78 is 4.94. The van der Waals surface area contributed by atoms with E-state index in [0.29, 0.717) is 31.9 Å². The van der Waals surface area contributed by atoms with Crippen LogP contribution in [0.3, 0.4) is 0 Å². The Morgan fingerprint density at radius 1 is 1.32 bits per heavy atom. The number of carbonyl (C=O) groups excluding carboxylic acids is 1. The molecule has 0 bridgehead atoms. The van der Waals surface area contributed by atoms with E-state index in [2.05, 4.69) is 10.6 Å². The molecule has 1 atom stereocenters. The second-order valence-electron chi connectivity index (χ2n) is 5.27. The van der Waals surface area contributed by atoms with Gasteiger partial charge in [-0.1, -0.05) is 0 Å². The van der Waals surface area contributed by atoms with Gasteiger partial charge in [-0.3, -0.25) is 4.79 Å². The summed E-state index contributed by atoms with van der Waals surface area (Å²) in [6.07, 6.45) is 3.16. The number of hydrogen-bond donors (Lipinski definition) is 3. The number of carbonyl (C=O) groups is 2. The predicted octanol–water partition coefficient (Wildman–Crippen LogP) is 1.21. The van der Waals surface area contributed by atoms with Gasteiger partial charge >= 0.3 is 12.0 Å². The molecule has 1 saturated carbocycles. The van der Waals surface area contributed by atoms with E-state index in [9.17, 15) is 9.59 Å². The maximum atomic E-state index is 11.6. The van der Waals surface area contributed by atoms with Crippen LogP contribution in [0.15, 0.2) is 0 Å². The Labute approximate surface area is 113 Å². The quantitative estimate of drug-likeness (QED) is 0.678. The van der Waals surface area contributed by atoms with Gasteiger partial charge in [0.2, 0.25) is 0 Å². The molecular formula is C13H24N2O4. The lowest BCUT2D eigenvalue weighted by molar-refractivity contribution is -0.143. The lowest BCUT2D eigenvalue weighted by Gasteiger charge is -2.26. The zero-order chi connectivity index (χ0) is 14.3. The highest BCUT2D eigenvalue weighted by atomic mass is 16.5. The van der Waals surface area contributed by atoms with Crippen molar-refractivity contribution in [3.63, 3.8) is 0 Å². The van der Waals surface area contributed by atoms with E-state index in [-0.39, 0.29) is 18.0 Å².